The average molecular weight is 324 g/mol. The normalized spacial score (nSPS) is 12.4. The van der Waals surface area contributed by atoms with Crippen molar-refractivity contribution in [3.8, 4) is 0 Å². The number of hydrogen-bond acceptors (Lipinski definition) is 6. The molecule has 24 heavy (non-hydrogen) atoms. The van der Waals surface area contributed by atoms with Gasteiger partial charge in [-0.25, -0.2) is 9.37 Å². The SMILES string of the molecule is Cn1ccnc1C(Nc1ccc2nnnn2n1)c1cccc(F)c1. The summed E-state index contributed by atoms with van der Waals surface area (Å²) < 4.78 is 16.9. The fourth-order valence-corrected chi connectivity index (χ4v) is 2.51. The lowest BCUT2D eigenvalue weighted by Gasteiger charge is -2.19. The van der Waals surface area contributed by atoms with Gasteiger partial charge in [-0.15, -0.1) is 14.8 Å². The minimum Gasteiger partial charge on any atom is -0.355 e. The Morgan fingerprint density at radius 1 is 1.21 bits per heavy atom. The zero-order valence-corrected chi connectivity index (χ0v) is 12.7. The number of fused-ring (bicyclic) bond motifs is 1. The van der Waals surface area contributed by atoms with Crippen LogP contribution in [0.1, 0.15) is 17.4 Å². The molecule has 0 fully saturated rings. The van der Waals surface area contributed by atoms with Crippen LogP contribution >= 0.6 is 0 Å². The highest BCUT2D eigenvalue weighted by Crippen LogP contribution is 2.25. The monoisotopic (exact) mass is 324 g/mol. The van der Waals surface area contributed by atoms with Gasteiger partial charge in [0.1, 0.15) is 23.5 Å². The molecular weight excluding hydrogens is 311 g/mol. The Bertz CT molecular complexity index is 992. The molecule has 1 unspecified atom stereocenters. The first-order valence-corrected chi connectivity index (χ1v) is 7.25. The number of benzene rings is 1. The molecule has 9 heteroatoms. The molecule has 0 bridgehead atoms. The topological polar surface area (TPSA) is 85.8 Å². The molecule has 3 heterocycles. The maximum atomic E-state index is 13.7. The summed E-state index contributed by atoms with van der Waals surface area (Å²) in [6.07, 6.45) is 3.53. The van der Waals surface area contributed by atoms with Gasteiger partial charge in [0.25, 0.3) is 0 Å². The van der Waals surface area contributed by atoms with Crippen LogP contribution in [0.2, 0.25) is 0 Å². The molecule has 3 aromatic heterocycles. The van der Waals surface area contributed by atoms with E-state index >= 15 is 0 Å². The Morgan fingerprint density at radius 2 is 2.12 bits per heavy atom. The van der Waals surface area contributed by atoms with E-state index in [2.05, 4.69) is 30.9 Å². The average Bonchev–Trinajstić information content (AvgIpc) is 3.21. The van der Waals surface area contributed by atoms with Crippen molar-refractivity contribution in [2.45, 2.75) is 6.04 Å². The fraction of sp³-hybridized carbons (Fsp3) is 0.133. The summed E-state index contributed by atoms with van der Waals surface area (Å²) in [4.78, 5) is 4.37. The van der Waals surface area contributed by atoms with Crippen LogP contribution in [0, 0.1) is 5.82 Å². The molecule has 0 saturated heterocycles. The largest absolute Gasteiger partial charge is 0.355 e. The van der Waals surface area contributed by atoms with Crippen molar-refractivity contribution in [3.05, 3.63) is 66.0 Å². The molecule has 8 nitrogen and oxygen atoms in total. The minimum absolute atomic E-state index is 0.308. The molecular formula is C15H13FN8. The Labute approximate surface area is 136 Å². The molecule has 120 valence electrons. The van der Waals surface area contributed by atoms with Gasteiger partial charge in [0.05, 0.1) is 0 Å². The van der Waals surface area contributed by atoms with Crippen molar-refractivity contribution >= 4 is 11.5 Å². The second-order valence-electron chi connectivity index (χ2n) is 5.27. The molecule has 4 rings (SSSR count). The van der Waals surface area contributed by atoms with E-state index in [1.807, 2.05) is 23.9 Å². The van der Waals surface area contributed by atoms with E-state index in [9.17, 15) is 4.39 Å². The number of tetrazole rings is 1. The Balaban J connectivity index is 1.76. The highest BCUT2D eigenvalue weighted by molar-refractivity contribution is 5.45. The van der Waals surface area contributed by atoms with Crippen LogP contribution in [0.4, 0.5) is 10.2 Å². The molecule has 0 aliphatic heterocycles. The number of halogens is 1. The Kier molecular flexibility index (Phi) is 3.38. The molecule has 0 spiro atoms. The molecule has 0 saturated carbocycles. The van der Waals surface area contributed by atoms with E-state index in [-0.39, 0.29) is 11.9 Å². The highest BCUT2D eigenvalue weighted by Gasteiger charge is 2.19. The lowest BCUT2D eigenvalue weighted by molar-refractivity contribution is 0.622. The quantitative estimate of drug-likeness (QED) is 0.613. The van der Waals surface area contributed by atoms with Gasteiger partial charge in [0, 0.05) is 19.4 Å². The lowest BCUT2D eigenvalue weighted by atomic mass is 10.1. The molecule has 0 aliphatic carbocycles. The number of rotatable bonds is 4. The third-order valence-electron chi connectivity index (χ3n) is 3.66. The molecule has 1 N–H and O–H groups in total. The first-order valence-electron chi connectivity index (χ1n) is 7.25. The van der Waals surface area contributed by atoms with Gasteiger partial charge in [-0.05, 0) is 40.3 Å². The second-order valence-corrected chi connectivity index (χ2v) is 5.27. The number of aromatic nitrogens is 7. The van der Waals surface area contributed by atoms with E-state index in [4.69, 9.17) is 0 Å². The number of anilines is 1. The third kappa shape index (κ3) is 2.56. The van der Waals surface area contributed by atoms with E-state index in [1.165, 1.54) is 16.8 Å². The van der Waals surface area contributed by atoms with Crippen molar-refractivity contribution in [2.75, 3.05) is 5.32 Å². The van der Waals surface area contributed by atoms with Gasteiger partial charge in [0.15, 0.2) is 5.65 Å². The molecule has 0 radical (unpaired) electrons. The summed E-state index contributed by atoms with van der Waals surface area (Å²) in [5.41, 5.74) is 1.28. The number of imidazole rings is 1. The van der Waals surface area contributed by atoms with E-state index in [1.54, 1.807) is 24.4 Å². The number of aryl methyl sites for hydroxylation is 1. The van der Waals surface area contributed by atoms with Gasteiger partial charge in [-0.1, -0.05) is 12.1 Å². The van der Waals surface area contributed by atoms with Gasteiger partial charge in [-0.2, -0.15) is 0 Å². The van der Waals surface area contributed by atoms with Crippen molar-refractivity contribution in [1.29, 1.82) is 0 Å². The van der Waals surface area contributed by atoms with E-state index < -0.39 is 0 Å². The lowest BCUT2D eigenvalue weighted by Crippen LogP contribution is -2.18. The summed E-state index contributed by atoms with van der Waals surface area (Å²) in [6, 6.07) is 9.52. The molecule has 0 amide bonds. The molecule has 1 atom stereocenters. The first-order chi connectivity index (χ1) is 11.7. The van der Waals surface area contributed by atoms with Crippen LogP contribution in [0.3, 0.4) is 0 Å². The standard InChI is InChI=1S/C15H13FN8/c1-23-8-7-17-15(23)14(10-3-2-4-11(16)9-10)18-12-5-6-13-19-21-22-24(13)20-12/h2-9,14H,1H3,(H,18,20). The highest BCUT2D eigenvalue weighted by atomic mass is 19.1. The molecule has 4 aromatic rings. The molecule has 0 aliphatic rings. The van der Waals surface area contributed by atoms with Crippen molar-refractivity contribution in [1.82, 2.24) is 34.8 Å². The Morgan fingerprint density at radius 3 is 2.92 bits per heavy atom. The minimum atomic E-state index is -0.373. The summed E-state index contributed by atoms with van der Waals surface area (Å²) >= 11 is 0. The summed E-state index contributed by atoms with van der Waals surface area (Å²) in [7, 11) is 1.88. The van der Waals surface area contributed by atoms with Crippen LogP contribution in [-0.2, 0) is 7.05 Å². The van der Waals surface area contributed by atoms with Crippen LogP contribution < -0.4 is 5.32 Å². The van der Waals surface area contributed by atoms with E-state index in [0.29, 0.717) is 11.5 Å². The summed E-state index contributed by atoms with van der Waals surface area (Å²) in [6.45, 7) is 0. The summed E-state index contributed by atoms with van der Waals surface area (Å²) in [5.74, 6) is 0.976. The zero-order valence-electron chi connectivity index (χ0n) is 12.7. The predicted molar refractivity (Wildman–Crippen MR) is 83.7 cm³/mol. The third-order valence-corrected chi connectivity index (χ3v) is 3.66. The van der Waals surface area contributed by atoms with Crippen molar-refractivity contribution < 1.29 is 4.39 Å². The molecule has 1 aromatic carbocycles. The van der Waals surface area contributed by atoms with Crippen molar-refractivity contribution in [3.63, 3.8) is 0 Å². The summed E-state index contributed by atoms with van der Waals surface area (Å²) in [5, 5.41) is 18.7. The van der Waals surface area contributed by atoms with Gasteiger partial charge in [0.2, 0.25) is 0 Å². The smallest absolute Gasteiger partial charge is 0.200 e. The number of nitrogens with one attached hydrogen (secondary N) is 1. The van der Waals surface area contributed by atoms with Gasteiger partial charge >= 0.3 is 0 Å². The van der Waals surface area contributed by atoms with E-state index in [0.717, 1.165) is 11.4 Å². The number of hydrogen-bond donors (Lipinski definition) is 1. The maximum Gasteiger partial charge on any atom is 0.200 e. The predicted octanol–water partition coefficient (Wildman–Crippen LogP) is 1.59. The Hall–Kier alpha value is -3.36. The van der Waals surface area contributed by atoms with Crippen LogP contribution in [-0.4, -0.2) is 34.8 Å². The van der Waals surface area contributed by atoms with Crippen LogP contribution in [0.25, 0.3) is 5.65 Å². The maximum absolute atomic E-state index is 13.7. The van der Waals surface area contributed by atoms with Gasteiger partial charge in [-0.3, -0.25) is 0 Å². The first kappa shape index (κ1) is 14.2. The fourth-order valence-electron chi connectivity index (χ4n) is 2.51. The zero-order chi connectivity index (χ0) is 16.5. The van der Waals surface area contributed by atoms with Crippen molar-refractivity contribution in [2.24, 2.45) is 7.05 Å². The van der Waals surface area contributed by atoms with Crippen LogP contribution in [0.5, 0.6) is 0 Å². The second kappa shape index (κ2) is 5.69. The van der Waals surface area contributed by atoms with Crippen LogP contribution in [0.15, 0.2) is 48.8 Å². The van der Waals surface area contributed by atoms with Gasteiger partial charge < -0.3 is 9.88 Å². The number of nitrogens with zero attached hydrogens (tertiary/aromatic N) is 7.